The Balaban J connectivity index is 1.52. The van der Waals surface area contributed by atoms with Crippen LogP contribution in [0.1, 0.15) is 62.5 Å². The molecule has 212 valence electrons. The van der Waals surface area contributed by atoms with E-state index in [1.54, 1.807) is 13.8 Å². The zero-order valence-electron chi connectivity index (χ0n) is 23.9. The molecule has 2 aromatic rings. The molecule has 0 aliphatic heterocycles. The first-order chi connectivity index (χ1) is 19.2. The molecule has 1 saturated carbocycles. The molecule has 0 radical (unpaired) electrons. The lowest BCUT2D eigenvalue weighted by molar-refractivity contribution is -0.155. The second-order valence-corrected chi connectivity index (χ2v) is 11.3. The number of hydrogen-bond acceptors (Lipinski definition) is 9. The van der Waals surface area contributed by atoms with Crippen molar-refractivity contribution in [1.82, 2.24) is 0 Å². The van der Waals surface area contributed by atoms with Gasteiger partial charge in [-0.25, -0.2) is 4.85 Å². The van der Waals surface area contributed by atoms with Gasteiger partial charge in [-0.05, 0) is 76.8 Å². The van der Waals surface area contributed by atoms with Gasteiger partial charge < -0.3 is 14.4 Å². The van der Waals surface area contributed by atoms with E-state index < -0.39 is 0 Å². The van der Waals surface area contributed by atoms with Gasteiger partial charge >= 0.3 is 5.97 Å². The highest BCUT2D eigenvalue weighted by atomic mass is 32.1. The number of nitrogens with zero attached hydrogens (tertiary/aromatic N) is 5. The van der Waals surface area contributed by atoms with E-state index in [1.807, 2.05) is 25.1 Å². The van der Waals surface area contributed by atoms with Gasteiger partial charge in [0.2, 0.25) is 5.69 Å². The fourth-order valence-corrected chi connectivity index (χ4v) is 5.85. The number of nitriles is 1. The van der Waals surface area contributed by atoms with Crippen molar-refractivity contribution in [3.63, 3.8) is 0 Å². The molecule has 0 saturated heterocycles. The Morgan fingerprint density at radius 1 is 1.18 bits per heavy atom. The highest BCUT2D eigenvalue weighted by molar-refractivity contribution is 7.17. The normalized spacial score (nSPS) is 17.0. The maximum atomic E-state index is 12.5. The molecule has 1 aromatic heterocycles. The van der Waals surface area contributed by atoms with Crippen LogP contribution < -0.4 is 4.90 Å². The van der Waals surface area contributed by atoms with Crippen LogP contribution in [0.2, 0.25) is 0 Å². The van der Waals surface area contributed by atoms with Gasteiger partial charge in [0.05, 0.1) is 36.3 Å². The van der Waals surface area contributed by atoms with Crippen LogP contribution in [0.15, 0.2) is 28.4 Å². The quantitative estimate of drug-likeness (QED) is 0.115. The molecule has 10 heteroatoms. The number of carbonyl (C=O) groups is 2. The van der Waals surface area contributed by atoms with E-state index in [2.05, 4.69) is 39.9 Å². The van der Waals surface area contributed by atoms with Gasteiger partial charge in [0.1, 0.15) is 23.5 Å². The second kappa shape index (κ2) is 14.7. The van der Waals surface area contributed by atoms with Crippen molar-refractivity contribution in [2.24, 2.45) is 22.1 Å². The summed E-state index contributed by atoms with van der Waals surface area (Å²) in [5, 5.41) is 18.3. The smallest absolute Gasteiger partial charge is 0.309 e. The van der Waals surface area contributed by atoms with Crippen molar-refractivity contribution in [2.45, 2.75) is 66.3 Å². The number of ketones is 1. The molecule has 0 bridgehead atoms. The van der Waals surface area contributed by atoms with E-state index >= 15 is 0 Å². The summed E-state index contributed by atoms with van der Waals surface area (Å²) in [6, 6.07) is 8.25. The second-order valence-electron chi connectivity index (χ2n) is 10.3. The summed E-state index contributed by atoms with van der Waals surface area (Å²) < 4.78 is 11.2. The number of benzene rings is 1. The standard InChI is InChI=1S/C30H37N5O4S/c1-19(2)35(13-14-38-15-16-39-30(37)25-10-8-7-9-24(25)22(5)36)23-11-12-26(20(3)17-23)33-34-29-28(32-6)21(4)27(18-31)40-29/h11-12,17,19,24-25H,7-10,13-16H2,1-5H3. The van der Waals surface area contributed by atoms with Crippen LogP contribution in [0.4, 0.5) is 22.1 Å². The van der Waals surface area contributed by atoms with Crippen LogP contribution in [-0.2, 0) is 19.1 Å². The van der Waals surface area contributed by atoms with Gasteiger partial charge in [0.25, 0.3) is 0 Å². The Labute approximate surface area is 240 Å². The van der Waals surface area contributed by atoms with Crippen molar-refractivity contribution < 1.29 is 19.1 Å². The summed E-state index contributed by atoms with van der Waals surface area (Å²) in [7, 11) is 0. The zero-order valence-corrected chi connectivity index (χ0v) is 24.7. The molecule has 1 heterocycles. The van der Waals surface area contributed by atoms with Crippen molar-refractivity contribution >= 4 is 45.2 Å². The minimum absolute atomic E-state index is 0.0685. The molecular weight excluding hydrogens is 526 g/mol. The van der Waals surface area contributed by atoms with Gasteiger partial charge in [-0.3, -0.25) is 9.59 Å². The Morgan fingerprint density at radius 3 is 2.52 bits per heavy atom. The number of rotatable bonds is 12. The van der Waals surface area contributed by atoms with E-state index in [9.17, 15) is 14.9 Å². The molecular formula is C30H37N5O4S. The molecule has 3 rings (SSSR count). The van der Waals surface area contributed by atoms with Crippen molar-refractivity contribution in [3.8, 4) is 6.07 Å². The maximum absolute atomic E-state index is 12.5. The Bertz CT molecular complexity index is 1320. The average Bonchev–Trinajstić information content (AvgIpc) is 3.25. The number of Topliss-reactive ketones (excluding diaryl/α,β-unsaturated/α-hetero) is 1. The molecule has 0 spiro atoms. The number of azo groups is 1. The fraction of sp³-hybridized carbons (Fsp3) is 0.533. The number of thiophene rings is 1. The average molecular weight is 564 g/mol. The molecule has 40 heavy (non-hydrogen) atoms. The van der Waals surface area contributed by atoms with Gasteiger partial charge in [0, 0.05) is 24.2 Å². The van der Waals surface area contributed by atoms with Gasteiger partial charge in [0.15, 0.2) is 0 Å². The molecule has 2 unspecified atom stereocenters. The summed E-state index contributed by atoms with van der Waals surface area (Å²) in [6.07, 6.45) is 3.42. The molecule has 1 aromatic carbocycles. The lowest BCUT2D eigenvalue weighted by Gasteiger charge is -2.29. The SMILES string of the molecule is [C-]#[N+]c1c(N=Nc2ccc(N(CCOCCOC(=O)C3CCCCC3C(C)=O)C(C)C)cc2C)sc(C#N)c1C. The molecule has 1 aliphatic carbocycles. The Hall–Kier alpha value is -3.60. The van der Waals surface area contributed by atoms with Crippen LogP contribution in [0.5, 0.6) is 0 Å². The first-order valence-electron chi connectivity index (χ1n) is 13.6. The van der Waals surface area contributed by atoms with E-state index in [0.29, 0.717) is 53.0 Å². The minimum Gasteiger partial charge on any atom is -0.463 e. The summed E-state index contributed by atoms with van der Waals surface area (Å²) in [5.41, 5.74) is 3.66. The summed E-state index contributed by atoms with van der Waals surface area (Å²) in [5.74, 6) is -0.762. The molecule has 0 N–H and O–H groups in total. The van der Waals surface area contributed by atoms with Crippen LogP contribution >= 0.6 is 11.3 Å². The fourth-order valence-electron chi connectivity index (χ4n) is 4.98. The predicted molar refractivity (Wildman–Crippen MR) is 156 cm³/mol. The lowest BCUT2D eigenvalue weighted by Crippen LogP contribution is -2.34. The zero-order chi connectivity index (χ0) is 29.2. The van der Waals surface area contributed by atoms with Crippen molar-refractivity contribution in [2.75, 3.05) is 31.3 Å². The minimum atomic E-state index is -0.326. The highest BCUT2D eigenvalue weighted by Crippen LogP contribution is 2.42. The van der Waals surface area contributed by atoms with Gasteiger partial charge in [-0.1, -0.05) is 12.8 Å². The van der Waals surface area contributed by atoms with Gasteiger partial charge in [-0.15, -0.1) is 11.3 Å². The highest BCUT2D eigenvalue weighted by Gasteiger charge is 2.34. The third kappa shape index (κ3) is 7.74. The summed E-state index contributed by atoms with van der Waals surface area (Å²) in [6.45, 7) is 18.5. The number of anilines is 1. The number of aryl methyl sites for hydroxylation is 1. The maximum Gasteiger partial charge on any atom is 0.309 e. The first kappa shape index (κ1) is 30.9. The number of carbonyl (C=O) groups excluding carboxylic acids is 2. The summed E-state index contributed by atoms with van der Waals surface area (Å²) in [4.78, 5) is 30.6. The number of ether oxygens (including phenoxy) is 2. The largest absolute Gasteiger partial charge is 0.463 e. The van der Waals surface area contributed by atoms with E-state index in [1.165, 1.54) is 11.3 Å². The molecule has 1 aliphatic rings. The third-order valence-corrected chi connectivity index (χ3v) is 8.30. The molecule has 9 nitrogen and oxygen atoms in total. The molecule has 1 fully saturated rings. The third-order valence-electron chi connectivity index (χ3n) is 7.23. The molecule has 2 atom stereocenters. The van der Waals surface area contributed by atoms with Gasteiger partial charge in [-0.2, -0.15) is 15.5 Å². The van der Waals surface area contributed by atoms with E-state index in [4.69, 9.17) is 16.0 Å². The number of hydrogen-bond donors (Lipinski definition) is 0. The van der Waals surface area contributed by atoms with Crippen molar-refractivity contribution in [1.29, 1.82) is 5.26 Å². The topological polar surface area (TPSA) is 109 Å². The Morgan fingerprint density at radius 2 is 1.90 bits per heavy atom. The van der Waals surface area contributed by atoms with Crippen LogP contribution in [0.25, 0.3) is 4.85 Å². The van der Waals surface area contributed by atoms with Crippen LogP contribution in [0, 0.1) is 43.6 Å². The van der Waals surface area contributed by atoms with E-state index in [-0.39, 0.29) is 36.2 Å². The van der Waals surface area contributed by atoms with Crippen LogP contribution in [0.3, 0.4) is 0 Å². The van der Waals surface area contributed by atoms with E-state index in [0.717, 1.165) is 30.5 Å². The van der Waals surface area contributed by atoms with Crippen molar-refractivity contribution in [3.05, 3.63) is 45.6 Å². The lowest BCUT2D eigenvalue weighted by atomic mass is 9.77. The first-order valence-corrected chi connectivity index (χ1v) is 14.4. The summed E-state index contributed by atoms with van der Waals surface area (Å²) >= 11 is 1.17. The predicted octanol–water partition coefficient (Wildman–Crippen LogP) is 7.37. The van der Waals surface area contributed by atoms with Crippen LogP contribution in [-0.4, -0.2) is 44.2 Å². The molecule has 0 amide bonds. The number of esters is 1. The monoisotopic (exact) mass is 563 g/mol. The Kier molecular flexibility index (Phi) is 11.4.